The lowest BCUT2D eigenvalue weighted by Crippen LogP contribution is -2.69. The van der Waals surface area contributed by atoms with Crippen LogP contribution < -0.4 is 10.2 Å². The number of hydrogen-bond acceptors (Lipinski definition) is 7. The highest BCUT2D eigenvalue weighted by Crippen LogP contribution is 2.40. The van der Waals surface area contributed by atoms with Gasteiger partial charge in [-0.25, -0.2) is 14.4 Å². The van der Waals surface area contributed by atoms with Gasteiger partial charge in [-0.3, -0.25) is 4.79 Å². The second kappa shape index (κ2) is 7.65. The van der Waals surface area contributed by atoms with E-state index >= 15 is 0 Å². The predicted molar refractivity (Wildman–Crippen MR) is 97.8 cm³/mol. The SMILES string of the molecule is CN(C)CC(=O)N[C@@]1(C)CCOC2(CCN(c3ncncc3F)CC2)[C@@H]1O. The van der Waals surface area contributed by atoms with Gasteiger partial charge in [0.15, 0.2) is 11.6 Å². The third-order valence-corrected chi connectivity index (χ3v) is 5.56. The molecule has 150 valence electrons. The Kier molecular flexibility index (Phi) is 5.64. The fraction of sp³-hybridized carbons (Fsp3) is 0.722. The Morgan fingerprint density at radius 2 is 2.15 bits per heavy atom. The van der Waals surface area contributed by atoms with Gasteiger partial charge in [0.1, 0.15) is 12.4 Å². The number of carbonyl (C=O) groups excluding carboxylic acids is 1. The highest BCUT2D eigenvalue weighted by Gasteiger charge is 2.54. The van der Waals surface area contributed by atoms with Gasteiger partial charge in [-0.2, -0.15) is 0 Å². The van der Waals surface area contributed by atoms with Gasteiger partial charge in [0.05, 0.1) is 23.9 Å². The van der Waals surface area contributed by atoms with Crippen molar-refractivity contribution in [3.63, 3.8) is 0 Å². The summed E-state index contributed by atoms with van der Waals surface area (Å²) in [5.74, 6) is -0.314. The van der Waals surface area contributed by atoms with Crippen LogP contribution in [0.2, 0.25) is 0 Å². The second-order valence-electron chi connectivity index (χ2n) is 7.95. The van der Waals surface area contributed by atoms with E-state index < -0.39 is 23.1 Å². The molecule has 0 unspecified atom stereocenters. The van der Waals surface area contributed by atoms with Crippen molar-refractivity contribution < 1.29 is 19.0 Å². The van der Waals surface area contributed by atoms with E-state index in [9.17, 15) is 14.3 Å². The summed E-state index contributed by atoms with van der Waals surface area (Å²) >= 11 is 0. The molecule has 1 aromatic rings. The fourth-order valence-corrected chi connectivity index (χ4v) is 4.09. The first-order valence-corrected chi connectivity index (χ1v) is 9.24. The van der Waals surface area contributed by atoms with Crippen LogP contribution in [0.5, 0.6) is 0 Å². The van der Waals surface area contributed by atoms with E-state index in [-0.39, 0.29) is 18.3 Å². The Hall–Kier alpha value is -1.84. The van der Waals surface area contributed by atoms with E-state index in [1.807, 2.05) is 25.9 Å². The smallest absolute Gasteiger partial charge is 0.234 e. The van der Waals surface area contributed by atoms with E-state index in [0.29, 0.717) is 39.0 Å². The normalized spacial score (nSPS) is 27.8. The summed E-state index contributed by atoms with van der Waals surface area (Å²) in [5.41, 5.74) is -1.51. The van der Waals surface area contributed by atoms with E-state index in [1.165, 1.54) is 6.33 Å². The van der Waals surface area contributed by atoms with Gasteiger partial charge >= 0.3 is 0 Å². The minimum Gasteiger partial charge on any atom is -0.388 e. The minimum atomic E-state index is -0.845. The summed E-state index contributed by atoms with van der Waals surface area (Å²) in [5, 5.41) is 14.1. The van der Waals surface area contributed by atoms with Crippen molar-refractivity contribution >= 4 is 11.7 Å². The van der Waals surface area contributed by atoms with Crippen molar-refractivity contribution in [3.8, 4) is 0 Å². The molecule has 0 aliphatic carbocycles. The number of amides is 1. The number of aliphatic hydroxyl groups is 1. The molecule has 2 fully saturated rings. The molecule has 2 atom stereocenters. The number of halogens is 1. The number of likely N-dealkylation sites (N-methyl/N-ethyl adjacent to an activating group) is 1. The summed E-state index contributed by atoms with van der Waals surface area (Å²) in [6, 6.07) is 0. The number of anilines is 1. The quantitative estimate of drug-likeness (QED) is 0.768. The molecule has 3 rings (SSSR count). The van der Waals surface area contributed by atoms with Crippen LogP contribution in [0.1, 0.15) is 26.2 Å². The Morgan fingerprint density at radius 3 is 2.78 bits per heavy atom. The molecule has 0 aromatic carbocycles. The van der Waals surface area contributed by atoms with Gasteiger partial charge in [-0.1, -0.05) is 0 Å². The van der Waals surface area contributed by atoms with Crippen molar-refractivity contribution in [1.29, 1.82) is 0 Å². The van der Waals surface area contributed by atoms with Crippen LogP contribution in [-0.2, 0) is 9.53 Å². The molecule has 1 spiro atoms. The molecule has 1 aromatic heterocycles. The number of rotatable bonds is 4. The first-order valence-electron chi connectivity index (χ1n) is 9.24. The van der Waals surface area contributed by atoms with Gasteiger partial charge in [0.25, 0.3) is 0 Å². The van der Waals surface area contributed by atoms with Crippen LogP contribution in [0.3, 0.4) is 0 Å². The van der Waals surface area contributed by atoms with Crippen LogP contribution in [0.15, 0.2) is 12.5 Å². The average molecular weight is 381 g/mol. The topological polar surface area (TPSA) is 90.8 Å². The van der Waals surface area contributed by atoms with Crippen LogP contribution in [0, 0.1) is 5.82 Å². The number of hydrogen-bond donors (Lipinski definition) is 2. The number of carbonyl (C=O) groups is 1. The van der Waals surface area contributed by atoms with E-state index in [0.717, 1.165) is 6.20 Å². The standard InChI is InChI=1S/C18H28FN5O3/c1-17(22-14(25)11-23(2)3)6-9-27-18(16(17)26)4-7-24(8-5-18)15-13(19)10-20-12-21-15/h10,12,16,26H,4-9,11H2,1-3H3,(H,22,25)/t16-,17+/m1/s1. The van der Waals surface area contributed by atoms with Crippen molar-refractivity contribution in [2.24, 2.45) is 0 Å². The molecule has 2 aliphatic rings. The number of aromatic nitrogens is 2. The van der Waals surface area contributed by atoms with Crippen LogP contribution in [-0.4, -0.2) is 83.5 Å². The van der Waals surface area contributed by atoms with Gasteiger partial charge in [-0.15, -0.1) is 0 Å². The fourth-order valence-electron chi connectivity index (χ4n) is 4.09. The Labute approximate surface area is 158 Å². The molecule has 27 heavy (non-hydrogen) atoms. The van der Waals surface area contributed by atoms with E-state index in [4.69, 9.17) is 4.74 Å². The second-order valence-corrected chi connectivity index (χ2v) is 7.95. The summed E-state index contributed by atoms with van der Waals surface area (Å²) < 4.78 is 20.0. The lowest BCUT2D eigenvalue weighted by Gasteiger charge is -2.53. The molecule has 0 bridgehead atoms. The zero-order chi connectivity index (χ0) is 19.7. The zero-order valence-electron chi connectivity index (χ0n) is 16.1. The first kappa shape index (κ1) is 19.9. The highest BCUT2D eigenvalue weighted by molar-refractivity contribution is 5.79. The summed E-state index contributed by atoms with van der Waals surface area (Å²) in [7, 11) is 3.65. The number of nitrogens with zero attached hydrogens (tertiary/aromatic N) is 4. The van der Waals surface area contributed by atoms with E-state index in [1.54, 1.807) is 4.90 Å². The summed E-state index contributed by atoms with van der Waals surface area (Å²) in [6.07, 6.45) is 3.22. The van der Waals surface area contributed by atoms with Gasteiger partial charge in [-0.05, 0) is 40.3 Å². The van der Waals surface area contributed by atoms with E-state index in [2.05, 4.69) is 15.3 Å². The molecular formula is C18H28FN5O3. The molecule has 0 radical (unpaired) electrons. The van der Waals surface area contributed by atoms with Crippen molar-refractivity contribution in [2.75, 3.05) is 45.2 Å². The molecular weight excluding hydrogens is 353 g/mol. The third kappa shape index (κ3) is 4.04. The number of aliphatic hydroxyl groups excluding tert-OH is 1. The zero-order valence-corrected chi connectivity index (χ0v) is 16.1. The monoisotopic (exact) mass is 381 g/mol. The molecule has 2 N–H and O–H groups in total. The van der Waals surface area contributed by atoms with Gasteiger partial charge in [0.2, 0.25) is 5.91 Å². The molecule has 2 aliphatic heterocycles. The van der Waals surface area contributed by atoms with Crippen LogP contribution >= 0.6 is 0 Å². The number of ether oxygens (including phenoxy) is 1. The lowest BCUT2D eigenvalue weighted by molar-refractivity contribution is -0.198. The maximum absolute atomic E-state index is 14.0. The number of piperidine rings is 1. The molecule has 0 saturated carbocycles. The van der Waals surface area contributed by atoms with Crippen molar-refractivity contribution in [2.45, 2.75) is 43.4 Å². The Bertz CT molecular complexity index is 681. The largest absolute Gasteiger partial charge is 0.388 e. The van der Waals surface area contributed by atoms with Crippen LogP contribution in [0.25, 0.3) is 0 Å². The average Bonchev–Trinajstić information content (AvgIpc) is 2.60. The summed E-state index contributed by atoms with van der Waals surface area (Å²) in [6.45, 7) is 3.60. The molecule has 1 amide bonds. The molecule has 9 heteroatoms. The summed E-state index contributed by atoms with van der Waals surface area (Å²) in [4.78, 5) is 23.6. The maximum atomic E-state index is 14.0. The molecule has 8 nitrogen and oxygen atoms in total. The first-order chi connectivity index (χ1) is 12.8. The molecule has 2 saturated heterocycles. The van der Waals surface area contributed by atoms with Crippen molar-refractivity contribution in [1.82, 2.24) is 20.2 Å². The van der Waals surface area contributed by atoms with Gasteiger partial charge < -0.3 is 25.0 Å². The van der Waals surface area contributed by atoms with Crippen molar-refractivity contribution in [3.05, 3.63) is 18.3 Å². The van der Waals surface area contributed by atoms with Crippen LogP contribution in [0.4, 0.5) is 10.2 Å². The predicted octanol–water partition coefficient (Wildman–Crippen LogP) is 0.172. The molecule has 3 heterocycles. The number of nitrogens with one attached hydrogen (secondary N) is 1. The maximum Gasteiger partial charge on any atom is 0.234 e. The minimum absolute atomic E-state index is 0.126. The van der Waals surface area contributed by atoms with Gasteiger partial charge in [0, 0.05) is 19.7 Å². The Morgan fingerprint density at radius 1 is 1.44 bits per heavy atom. The third-order valence-electron chi connectivity index (χ3n) is 5.56. The lowest BCUT2D eigenvalue weighted by atomic mass is 9.73. The highest BCUT2D eigenvalue weighted by atomic mass is 19.1. The Balaban J connectivity index is 1.70.